The van der Waals surface area contributed by atoms with Gasteiger partial charge in [-0.2, -0.15) is 13.2 Å². The molecule has 0 bridgehead atoms. The van der Waals surface area contributed by atoms with Crippen LogP contribution in [0, 0.1) is 0 Å². The Hall–Kier alpha value is -2.22. The average Bonchev–Trinajstić information content (AvgIpc) is 2.53. The van der Waals surface area contributed by atoms with Gasteiger partial charge >= 0.3 is 12.3 Å². The molecule has 0 atom stereocenters. The molecule has 1 aromatic carbocycles. The molecule has 26 heavy (non-hydrogen) atoms. The summed E-state index contributed by atoms with van der Waals surface area (Å²) in [5.41, 5.74) is 2.67. The molecule has 0 aliphatic carbocycles. The number of nitrogens with one attached hydrogen (secondary N) is 1. The summed E-state index contributed by atoms with van der Waals surface area (Å²) in [7, 11) is 0. The van der Waals surface area contributed by atoms with Crippen molar-refractivity contribution in [1.29, 1.82) is 0 Å². The molecule has 0 saturated carbocycles. The first-order chi connectivity index (χ1) is 12.0. The van der Waals surface area contributed by atoms with Gasteiger partial charge in [-0.25, -0.2) is 4.79 Å². The number of halogens is 3. The lowest BCUT2D eigenvalue weighted by Crippen LogP contribution is -2.40. The molecule has 1 N–H and O–H groups in total. The Labute approximate surface area is 150 Å². The summed E-state index contributed by atoms with van der Waals surface area (Å²) >= 11 is 0. The summed E-state index contributed by atoms with van der Waals surface area (Å²) in [6.07, 6.45) is -2.42. The highest BCUT2D eigenvalue weighted by atomic mass is 19.4. The summed E-state index contributed by atoms with van der Waals surface area (Å²) in [6.45, 7) is 6.26. The van der Waals surface area contributed by atoms with Gasteiger partial charge in [0.25, 0.3) is 0 Å². The molecule has 0 unspecified atom stereocenters. The van der Waals surface area contributed by atoms with Gasteiger partial charge < -0.3 is 9.64 Å². The number of alkyl halides is 3. The number of hydrogen-bond acceptors (Lipinski definition) is 4. The second-order valence-electron chi connectivity index (χ2n) is 6.99. The molecule has 0 fully saturated rings. The maximum absolute atomic E-state index is 12.7. The van der Waals surface area contributed by atoms with Crippen LogP contribution in [0.25, 0.3) is 0 Å². The van der Waals surface area contributed by atoms with Crippen LogP contribution in [0.4, 0.5) is 18.0 Å². The van der Waals surface area contributed by atoms with Crippen molar-refractivity contribution >= 4 is 6.09 Å². The molecule has 0 radical (unpaired) electrons. The van der Waals surface area contributed by atoms with Gasteiger partial charge in [-0.3, -0.25) is 10.3 Å². The van der Waals surface area contributed by atoms with Crippen LogP contribution in [-0.4, -0.2) is 29.7 Å². The first kappa shape index (κ1) is 20.1. The summed E-state index contributed by atoms with van der Waals surface area (Å²) < 4.78 is 43.3. The fourth-order valence-corrected chi connectivity index (χ4v) is 2.30. The van der Waals surface area contributed by atoms with E-state index in [0.29, 0.717) is 25.1 Å². The fourth-order valence-electron chi connectivity index (χ4n) is 2.30. The van der Waals surface area contributed by atoms with E-state index >= 15 is 0 Å². The van der Waals surface area contributed by atoms with Crippen molar-refractivity contribution in [1.82, 2.24) is 10.4 Å². The maximum atomic E-state index is 12.7. The molecule has 1 aliphatic heterocycles. The monoisotopic (exact) mass is 372 g/mol. The first-order valence-corrected chi connectivity index (χ1v) is 8.25. The van der Waals surface area contributed by atoms with E-state index in [9.17, 15) is 18.0 Å². The van der Waals surface area contributed by atoms with Crippen molar-refractivity contribution in [3.63, 3.8) is 0 Å². The van der Waals surface area contributed by atoms with Gasteiger partial charge in [0.2, 0.25) is 0 Å². The molecule has 1 aromatic rings. The summed E-state index contributed by atoms with van der Waals surface area (Å²) in [5, 5.41) is 0. The van der Waals surface area contributed by atoms with Crippen LogP contribution < -0.4 is 5.48 Å². The summed E-state index contributed by atoms with van der Waals surface area (Å²) in [6, 6.07) is 4.99. The molecule has 0 saturated heterocycles. The molecule has 1 amide bonds. The second-order valence-corrected chi connectivity index (χ2v) is 6.99. The van der Waals surface area contributed by atoms with Crippen molar-refractivity contribution in [3.05, 3.63) is 47.2 Å². The minimum absolute atomic E-state index is 0.00294. The highest BCUT2D eigenvalue weighted by molar-refractivity contribution is 5.68. The van der Waals surface area contributed by atoms with Gasteiger partial charge in [0.15, 0.2) is 0 Å². The highest BCUT2D eigenvalue weighted by Gasteiger charge is 2.30. The van der Waals surface area contributed by atoms with Crippen LogP contribution in [0.1, 0.15) is 38.3 Å². The Morgan fingerprint density at radius 3 is 2.58 bits per heavy atom. The van der Waals surface area contributed by atoms with E-state index < -0.39 is 17.3 Å². The Bertz CT molecular complexity index is 666. The van der Waals surface area contributed by atoms with Gasteiger partial charge in [-0.05, 0) is 44.5 Å². The van der Waals surface area contributed by atoms with Crippen molar-refractivity contribution in [2.75, 3.05) is 13.1 Å². The predicted octanol–water partition coefficient (Wildman–Crippen LogP) is 4.25. The smallest absolute Gasteiger partial charge is 0.416 e. The summed E-state index contributed by atoms with van der Waals surface area (Å²) in [5.74, 6) is 0. The predicted molar refractivity (Wildman–Crippen MR) is 89.9 cm³/mol. The van der Waals surface area contributed by atoms with Crippen LogP contribution >= 0.6 is 0 Å². The number of carbonyl (C=O) groups excluding carboxylic acids is 1. The Morgan fingerprint density at radius 2 is 2.00 bits per heavy atom. The standard InChI is InChI=1S/C18H23F3N2O3/c1-17(2,3)26-16(24)23-9-7-15(8-10-23)22-25-12-13-5-4-6-14(11-13)18(19,20)21/h4-7,11,22H,8-10,12H2,1-3H3. The number of ether oxygens (including phenoxy) is 1. The second kappa shape index (κ2) is 7.99. The molecular weight excluding hydrogens is 349 g/mol. The first-order valence-electron chi connectivity index (χ1n) is 8.25. The zero-order chi connectivity index (χ0) is 19.4. The third-order valence-electron chi connectivity index (χ3n) is 3.56. The molecule has 0 aromatic heterocycles. The van der Waals surface area contributed by atoms with Crippen LogP contribution in [0.2, 0.25) is 0 Å². The Morgan fingerprint density at radius 1 is 1.27 bits per heavy atom. The van der Waals surface area contributed by atoms with Crippen molar-refractivity contribution in [2.45, 2.75) is 45.6 Å². The highest BCUT2D eigenvalue weighted by Crippen LogP contribution is 2.29. The molecule has 1 aliphatic rings. The number of amides is 1. The topological polar surface area (TPSA) is 50.8 Å². The van der Waals surface area contributed by atoms with Crippen molar-refractivity contribution in [2.24, 2.45) is 0 Å². The third kappa shape index (κ3) is 6.25. The minimum Gasteiger partial charge on any atom is -0.444 e. The zero-order valence-corrected chi connectivity index (χ0v) is 15.0. The van der Waals surface area contributed by atoms with Gasteiger partial charge in [0.1, 0.15) is 5.60 Å². The van der Waals surface area contributed by atoms with Gasteiger partial charge in [0.05, 0.1) is 12.2 Å². The van der Waals surface area contributed by atoms with Crippen LogP contribution in [0.15, 0.2) is 36.0 Å². The molecule has 0 spiro atoms. The van der Waals surface area contributed by atoms with Crippen molar-refractivity contribution < 1.29 is 27.5 Å². The van der Waals surface area contributed by atoms with E-state index in [1.165, 1.54) is 6.07 Å². The van der Waals surface area contributed by atoms with E-state index in [0.717, 1.165) is 17.8 Å². The quantitative estimate of drug-likeness (QED) is 0.803. The van der Waals surface area contributed by atoms with E-state index in [-0.39, 0.29) is 12.7 Å². The maximum Gasteiger partial charge on any atom is 0.416 e. The van der Waals surface area contributed by atoms with E-state index in [4.69, 9.17) is 9.57 Å². The molecule has 5 nitrogen and oxygen atoms in total. The van der Waals surface area contributed by atoms with Crippen molar-refractivity contribution in [3.8, 4) is 0 Å². The Balaban J connectivity index is 1.80. The number of carbonyl (C=O) groups is 1. The normalized spacial score (nSPS) is 15.5. The SMILES string of the molecule is CC(C)(C)OC(=O)N1CC=C(NOCc2cccc(C(F)(F)F)c2)CC1. The van der Waals surface area contributed by atoms with Crippen LogP contribution in [0.3, 0.4) is 0 Å². The van der Waals surface area contributed by atoms with Crippen LogP contribution in [-0.2, 0) is 22.4 Å². The van der Waals surface area contributed by atoms with E-state index in [1.807, 2.05) is 0 Å². The molecule has 8 heteroatoms. The summed E-state index contributed by atoms with van der Waals surface area (Å²) in [4.78, 5) is 18.8. The Kier molecular flexibility index (Phi) is 6.17. The van der Waals surface area contributed by atoms with Gasteiger partial charge in [-0.15, -0.1) is 0 Å². The lowest BCUT2D eigenvalue weighted by Gasteiger charge is -2.29. The fraction of sp³-hybridized carbons (Fsp3) is 0.500. The number of benzene rings is 1. The minimum atomic E-state index is -4.37. The lowest BCUT2D eigenvalue weighted by atomic mass is 10.1. The lowest BCUT2D eigenvalue weighted by molar-refractivity contribution is -0.137. The zero-order valence-electron chi connectivity index (χ0n) is 15.0. The van der Waals surface area contributed by atoms with Crippen LogP contribution in [0.5, 0.6) is 0 Å². The molecule has 2 rings (SSSR count). The van der Waals surface area contributed by atoms with Gasteiger partial charge in [0, 0.05) is 25.2 Å². The van der Waals surface area contributed by atoms with E-state index in [1.54, 1.807) is 37.8 Å². The molecule has 144 valence electrons. The van der Waals surface area contributed by atoms with Gasteiger partial charge in [-0.1, -0.05) is 12.1 Å². The average molecular weight is 372 g/mol. The van der Waals surface area contributed by atoms with E-state index in [2.05, 4.69) is 5.48 Å². The third-order valence-corrected chi connectivity index (χ3v) is 3.56. The molecule has 1 heterocycles. The number of nitrogens with zero attached hydrogens (tertiary/aromatic N) is 1. The number of hydrogen-bond donors (Lipinski definition) is 1. The largest absolute Gasteiger partial charge is 0.444 e. The molecular formula is C18H23F3N2O3. The number of hydroxylamine groups is 1. The number of rotatable bonds is 4.